The summed E-state index contributed by atoms with van der Waals surface area (Å²) in [6.45, 7) is 5.95. The smallest absolute Gasteiger partial charge is 0.127 e. The Morgan fingerprint density at radius 3 is 2.72 bits per heavy atom. The van der Waals surface area contributed by atoms with Crippen molar-refractivity contribution < 1.29 is 14.6 Å². The Labute approximate surface area is 109 Å². The maximum Gasteiger partial charge on any atom is 0.127 e. The molecule has 0 spiro atoms. The molecule has 0 amide bonds. The van der Waals surface area contributed by atoms with Crippen molar-refractivity contribution in [3.05, 3.63) is 23.8 Å². The van der Waals surface area contributed by atoms with Crippen LogP contribution in [0.5, 0.6) is 11.5 Å². The first kappa shape index (κ1) is 14.8. The van der Waals surface area contributed by atoms with E-state index in [4.69, 9.17) is 9.47 Å². The van der Waals surface area contributed by atoms with E-state index in [0.29, 0.717) is 13.0 Å². The van der Waals surface area contributed by atoms with Crippen LogP contribution in [-0.4, -0.2) is 31.5 Å². The van der Waals surface area contributed by atoms with Crippen LogP contribution in [0.3, 0.4) is 0 Å². The molecule has 0 bridgehead atoms. The van der Waals surface area contributed by atoms with Crippen LogP contribution >= 0.6 is 0 Å². The zero-order valence-corrected chi connectivity index (χ0v) is 11.4. The average molecular weight is 253 g/mol. The number of methoxy groups -OCH3 is 1. The summed E-state index contributed by atoms with van der Waals surface area (Å²) in [6.07, 6.45) is 0.259. The minimum Gasteiger partial charge on any atom is -0.497 e. The maximum absolute atomic E-state index is 9.54. The summed E-state index contributed by atoms with van der Waals surface area (Å²) in [5.41, 5.74) is 1.07. The van der Waals surface area contributed by atoms with Crippen LogP contribution in [0.15, 0.2) is 18.2 Å². The van der Waals surface area contributed by atoms with Crippen LogP contribution in [0.4, 0.5) is 0 Å². The molecule has 0 heterocycles. The quantitative estimate of drug-likeness (QED) is 0.743. The predicted molar refractivity (Wildman–Crippen MR) is 72.2 cm³/mol. The molecule has 4 nitrogen and oxygen atoms in total. The van der Waals surface area contributed by atoms with Gasteiger partial charge in [0.15, 0.2) is 0 Å². The predicted octanol–water partition coefficient (Wildman–Crippen LogP) is 1.95. The number of aliphatic hydroxyl groups excluding tert-OH is 1. The van der Waals surface area contributed by atoms with E-state index >= 15 is 0 Å². The Balaban J connectivity index is 2.75. The normalized spacial score (nSPS) is 12.2. The van der Waals surface area contributed by atoms with Crippen molar-refractivity contribution in [2.24, 2.45) is 0 Å². The van der Waals surface area contributed by atoms with Gasteiger partial charge in [-0.25, -0.2) is 0 Å². The van der Waals surface area contributed by atoms with Gasteiger partial charge >= 0.3 is 0 Å². The van der Waals surface area contributed by atoms with Gasteiger partial charge in [0, 0.05) is 18.2 Å². The van der Waals surface area contributed by atoms with Crippen LogP contribution in [-0.2, 0) is 6.54 Å². The Morgan fingerprint density at radius 2 is 2.11 bits per heavy atom. The van der Waals surface area contributed by atoms with Crippen molar-refractivity contribution >= 4 is 0 Å². The molecular weight excluding hydrogens is 230 g/mol. The molecule has 1 rings (SSSR count). The molecule has 18 heavy (non-hydrogen) atoms. The van der Waals surface area contributed by atoms with E-state index in [9.17, 15) is 5.11 Å². The molecule has 0 saturated heterocycles. The number of benzene rings is 1. The van der Waals surface area contributed by atoms with Crippen molar-refractivity contribution in [2.45, 2.75) is 32.9 Å². The maximum atomic E-state index is 9.54. The van der Waals surface area contributed by atoms with E-state index in [2.05, 4.69) is 12.2 Å². The fraction of sp³-hybridized carbons (Fsp3) is 0.571. The van der Waals surface area contributed by atoms with Crippen molar-refractivity contribution in [1.29, 1.82) is 0 Å². The molecule has 2 N–H and O–H groups in total. The summed E-state index contributed by atoms with van der Waals surface area (Å²) in [4.78, 5) is 0. The number of ether oxygens (including phenoxy) is 2. The highest BCUT2D eigenvalue weighted by atomic mass is 16.5. The van der Waals surface area contributed by atoms with Crippen molar-refractivity contribution in [2.75, 3.05) is 20.3 Å². The first-order valence-electron chi connectivity index (χ1n) is 6.39. The van der Waals surface area contributed by atoms with Crippen LogP contribution in [0.25, 0.3) is 0 Å². The molecule has 0 saturated carbocycles. The standard InChI is InChI=1S/C14H23NO3/c1-4-12(16)10-18-14-8-13(17-3)7-6-11(14)9-15-5-2/h6-8,12,15-16H,4-5,9-10H2,1-3H3. The van der Waals surface area contributed by atoms with Crippen LogP contribution in [0.2, 0.25) is 0 Å². The van der Waals surface area contributed by atoms with Gasteiger partial charge in [0.25, 0.3) is 0 Å². The monoisotopic (exact) mass is 253 g/mol. The second kappa shape index (κ2) is 7.95. The molecule has 0 aromatic heterocycles. The van der Waals surface area contributed by atoms with Crippen molar-refractivity contribution in [3.63, 3.8) is 0 Å². The molecule has 1 atom stereocenters. The van der Waals surface area contributed by atoms with Gasteiger partial charge in [-0.1, -0.05) is 19.9 Å². The zero-order chi connectivity index (χ0) is 13.4. The molecule has 0 aliphatic heterocycles. The molecule has 1 aromatic carbocycles. The van der Waals surface area contributed by atoms with Gasteiger partial charge in [0.05, 0.1) is 13.2 Å². The Hall–Kier alpha value is -1.26. The second-order valence-corrected chi connectivity index (χ2v) is 4.13. The molecule has 0 radical (unpaired) electrons. The van der Waals surface area contributed by atoms with Crippen molar-refractivity contribution in [3.8, 4) is 11.5 Å². The Kier molecular flexibility index (Phi) is 6.54. The third kappa shape index (κ3) is 4.55. The molecule has 1 aromatic rings. The van der Waals surface area contributed by atoms with E-state index in [-0.39, 0.29) is 0 Å². The SMILES string of the molecule is CCNCc1ccc(OC)cc1OCC(O)CC. The van der Waals surface area contributed by atoms with Crippen molar-refractivity contribution in [1.82, 2.24) is 5.32 Å². The number of nitrogens with one attached hydrogen (secondary N) is 1. The Bertz CT molecular complexity index is 355. The lowest BCUT2D eigenvalue weighted by atomic mass is 10.2. The molecule has 4 heteroatoms. The van der Waals surface area contributed by atoms with Gasteiger partial charge in [0.1, 0.15) is 18.1 Å². The third-order valence-electron chi connectivity index (χ3n) is 2.74. The fourth-order valence-electron chi connectivity index (χ4n) is 1.51. The van der Waals surface area contributed by atoms with Gasteiger partial charge < -0.3 is 19.9 Å². The number of hydrogen-bond acceptors (Lipinski definition) is 4. The van der Waals surface area contributed by atoms with Gasteiger partial charge in [-0.05, 0) is 19.0 Å². The molecule has 102 valence electrons. The van der Waals surface area contributed by atoms with Crippen LogP contribution in [0.1, 0.15) is 25.8 Å². The minimum absolute atomic E-state index is 0.308. The summed E-state index contributed by atoms with van der Waals surface area (Å²) in [6, 6.07) is 5.75. The zero-order valence-electron chi connectivity index (χ0n) is 11.4. The lowest BCUT2D eigenvalue weighted by molar-refractivity contribution is 0.103. The molecular formula is C14H23NO3. The number of aliphatic hydroxyl groups is 1. The Morgan fingerprint density at radius 1 is 1.33 bits per heavy atom. The number of rotatable bonds is 8. The van der Waals surface area contributed by atoms with Gasteiger partial charge in [-0.15, -0.1) is 0 Å². The lowest BCUT2D eigenvalue weighted by Crippen LogP contribution is -2.18. The molecule has 0 aliphatic rings. The summed E-state index contributed by atoms with van der Waals surface area (Å²) in [7, 11) is 1.63. The molecule has 1 unspecified atom stereocenters. The van der Waals surface area contributed by atoms with E-state index in [1.807, 2.05) is 25.1 Å². The minimum atomic E-state index is -0.428. The summed E-state index contributed by atoms with van der Waals surface area (Å²) in [5, 5.41) is 12.8. The van der Waals surface area contributed by atoms with Gasteiger partial charge in [-0.3, -0.25) is 0 Å². The second-order valence-electron chi connectivity index (χ2n) is 4.13. The van der Waals surface area contributed by atoms with E-state index in [1.165, 1.54) is 0 Å². The highest BCUT2D eigenvalue weighted by Gasteiger charge is 2.08. The van der Waals surface area contributed by atoms with E-state index in [1.54, 1.807) is 7.11 Å². The van der Waals surface area contributed by atoms with E-state index < -0.39 is 6.10 Å². The number of hydrogen-bond donors (Lipinski definition) is 2. The summed E-state index contributed by atoms with van der Waals surface area (Å²) >= 11 is 0. The van der Waals surface area contributed by atoms with E-state index in [0.717, 1.165) is 30.2 Å². The first-order valence-corrected chi connectivity index (χ1v) is 6.39. The first-order chi connectivity index (χ1) is 8.71. The lowest BCUT2D eigenvalue weighted by Gasteiger charge is -2.15. The highest BCUT2D eigenvalue weighted by molar-refractivity contribution is 5.40. The highest BCUT2D eigenvalue weighted by Crippen LogP contribution is 2.25. The summed E-state index contributed by atoms with van der Waals surface area (Å²) < 4.78 is 10.8. The summed E-state index contributed by atoms with van der Waals surface area (Å²) in [5.74, 6) is 1.53. The largest absolute Gasteiger partial charge is 0.497 e. The van der Waals surface area contributed by atoms with Crippen LogP contribution < -0.4 is 14.8 Å². The molecule has 0 aliphatic carbocycles. The van der Waals surface area contributed by atoms with Gasteiger partial charge in [0.2, 0.25) is 0 Å². The average Bonchev–Trinajstić information content (AvgIpc) is 2.42. The molecule has 0 fully saturated rings. The topological polar surface area (TPSA) is 50.7 Å². The fourth-order valence-corrected chi connectivity index (χ4v) is 1.51. The van der Waals surface area contributed by atoms with Crippen LogP contribution in [0, 0.1) is 0 Å². The van der Waals surface area contributed by atoms with Gasteiger partial charge in [-0.2, -0.15) is 0 Å². The third-order valence-corrected chi connectivity index (χ3v) is 2.74.